The zero-order valence-corrected chi connectivity index (χ0v) is 17.1. The standard InChI is InChI=1S/C16H23F3N4O2.HI/c1-4-21-14(23-10-15(2,3)13(20)24)22-9-11-7-5-6-8-12(11)25-16(17,18)19;/h5-8H,4,9-10H2,1-3H3,(H2,20,24)(H2,21,22,23);1H. The SMILES string of the molecule is CCNC(=NCc1ccccc1OC(F)(F)F)NCC(C)(C)C(N)=O.I. The first kappa shape index (κ1) is 24.3. The first-order valence-electron chi connectivity index (χ1n) is 7.71. The Morgan fingerprint density at radius 1 is 1.23 bits per heavy atom. The summed E-state index contributed by atoms with van der Waals surface area (Å²) in [5.41, 5.74) is 4.80. The molecule has 0 aromatic heterocycles. The zero-order chi connectivity index (χ0) is 19.1. The molecule has 0 spiro atoms. The van der Waals surface area contributed by atoms with E-state index in [0.717, 1.165) is 0 Å². The van der Waals surface area contributed by atoms with E-state index in [-0.39, 0.29) is 48.4 Å². The van der Waals surface area contributed by atoms with Crippen LogP contribution in [-0.2, 0) is 11.3 Å². The minimum atomic E-state index is -4.77. The van der Waals surface area contributed by atoms with Gasteiger partial charge in [-0.05, 0) is 26.8 Å². The van der Waals surface area contributed by atoms with Gasteiger partial charge in [0.05, 0.1) is 12.0 Å². The van der Waals surface area contributed by atoms with Crippen LogP contribution >= 0.6 is 24.0 Å². The third-order valence-electron chi connectivity index (χ3n) is 3.31. The molecule has 1 aromatic rings. The van der Waals surface area contributed by atoms with Gasteiger partial charge >= 0.3 is 6.36 Å². The van der Waals surface area contributed by atoms with Crippen LogP contribution in [0.2, 0.25) is 0 Å². The normalized spacial score (nSPS) is 12.2. The van der Waals surface area contributed by atoms with Gasteiger partial charge < -0.3 is 21.1 Å². The van der Waals surface area contributed by atoms with Crippen molar-refractivity contribution in [3.63, 3.8) is 0 Å². The quantitative estimate of drug-likeness (QED) is 0.313. The molecule has 10 heteroatoms. The number of aliphatic imine (C=N–C) groups is 1. The Balaban J connectivity index is 0.00000625. The predicted octanol–water partition coefficient (Wildman–Crippen LogP) is 2.77. The maximum Gasteiger partial charge on any atom is 0.573 e. The van der Waals surface area contributed by atoms with E-state index in [4.69, 9.17) is 5.73 Å². The summed E-state index contributed by atoms with van der Waals surface area (Å²) in [7, 11) is 0. The van der Waals surface area contributed by atoms with Gasteiger partial charge in [-0.25, -0.2) is 4.99 Å². The van der Waals surface area contributed by atoms with Crippen molar-refractivity contribution < 1.29 is 22.7 Å². The monoisotopic (exact) mass is 488 g/mol. The number of rotatable bonds is 7. The summed E-state index contributed by atoms with van der Waals surface area (Å²) in [4.78, 5) is 15.6. The van der Waals surface area contributed by atoms with E-state index >= 15 is 0 Å². The highest BCUT2D eigenvalue weighted by molar-refractivity contribution is 14.0. The minimum Gasteiger partial charge on any atom is -0.405 e. The molecule has 1 rings (SSSR count). The molecule has 0 bridgehead atoms. The lowest BCUT2D eigenvalue weighted by molar-refractivity contribution is -0.274. The van der Waals surface area contributed by atoms with Crippen LogP contribution in [0.5, 0.6) is 5.75 Å². The molecule has 0 aliphatic heterocycles. The molecule has 26 heavy (non-hydrogen) atoms. The molecule has 0 aliphatic carbocycles. The van der Waals surface area contributed by atoms with Crippen LogP contribution in [-0.4, -0.2) is 31.3 Å². The van der Waals surface area contributed by atoms with Crippen LogP contribution in [0.15, 0.2) is 29.3 Å². The lowest BCUT2D eigenvalue weighted by Gasteiger charge is -2.22. The summed E-state index contributed by atoms with van der Waals surface area (Å²) in [6, 6.07) is 5.79. The second kappa shape index (κ2) is 10.4. The first-order valence-corrected chi connectivity index (χ1v) is 7.71. The number of guanidine groups is 1. The van der Waals surface area contributed by atoms with E-state index in [1.54, 1.807) is 19.9 Å². The molecule has 0 saturated carbocycles. The summed E-state index contributed by atoms with van der Waals surface area (Å²) < 4.78 is 41.3. The fourth-order valence-electron chi connectivity index (χ4n) is 1.76. The topological polar surface area (TPSA) is 88.7 Å². The van der Waals surface area contributed by atoms with Crippen molar-refractivity contribution in [2.24, 2.45) is 16.1 Å². The molecule has 1 aromatic carbocycles. The van der Waals surface area contributed by atoms with Crippen LogP contribution in [0.3, 0.4) is 0 Å². The van der Waals surface area contributed by atoms with E-state index < -0.39 is 17.7 Å². The Kier molecular flexibility index (Phi) is 9.74. The minimum absolute atomic E-state index is 0. The van der Waals surface area contributed by atoms with Crippen molar-refractivity contribution >= 4 is 35.8 Å². The van der Waals surface area contributed by atoms with Gasteiger partial charge in [-0.1, -0.05) is 18.2 Å². The Hall–Kier alpha value is -1.72. The van der Waals surface area contributed by atoms with Gasteiger partial charge in [0, 0.05) is 18.7 Å². The van der Waals surface area contributed by atoms with Crippen molar-refractivity contribution in [1.82, 2.24) is 10.6 Å². The van der Waals surface area contributed by atoms with Gasteiger partial charge in [0.2, 0.25) is 5.91 Å². The van der Waals surface area contributed by atoms with Gasteiger partial charge in [-0.2, -0.15) is 0 Å². The lowest BCUT2D eigenvalue weighted by atomic mass is 9.93. The molecule has 0 unspecified atom stereocenters. The number of halogens is 4. The summed E-state index contributed by atoms with van der Waals surface area (Å²) >= 11 is 0. The number of primary amides is 1. The molecule has 0 heterocycles. The Bertz CT molecular complexity index is 622. The maximum atomic E-state index is 12.4. The molecule has 0 fully saturated rings. The fraction of sp³-hybridized carbons (Fsp3) is 0.500. The van der Waals surface area contributed by atoms with Crippen molar-refractivity contribution in [1.29, 1.82) is 0 Å². The van der Waals surface area contributed by atoms with Crippen LogP contribution in [0.4, 0.5) is 13.2 Å². The van der Waals surface area contributed by atoms with Crippen LogP contribution in [0.1, 0.15) is 26.3 Å². The number of alkyl halides is 3. The van der Waals surface area contributed by atoms with E-state index in [1.807, 2.05) is 6.92 Å². The van der Waals surface area contributed by atoms with Crippen LogP contribution < -0.4 is 21.1 Å². The van der Waals surface area contributed by atoms with E-state index in [2.05, 4.69) is 20.4 Å². The summed E-state index contributed by atoms with van der Waals surface area (Å²) in [6.45, 7) is 5.95. The molecule has 0 radical (unpaired) electrons. The number of benzene rings is 1. The maximum absolute atomic E-state index is 12.4. The second-order valence-electron chi connectivity index (χ2n) is 5.95. The number of nitrogens with zero attached hydrogens (tertiary/aromatic N) is 1. The number of carbonyl (C=O) groups is 1. The largest absolute Gasteiger partial charge is 0.573 e. The number of carbonyl (C=O) groups excluding carboxylic acids is 1. The average molecular weight is 488 g/mol. The number of amides is 1. The average Bonchev–Trinajstić information content (AvgIpc) is 2.49. The number of nitrogens with two attached hydrogens (primary N) is 1. The highest BCUT2D eigenvalue weighted by atomic mass is 127. The molecular weight excluding hydrogens is 464 g/mol. The second-order valence-corrected chi connectivity index (χ2v) is 5.95. The van der Waals surface area contributed by atoms with E-state index in [1.165, 1.54) is 18.2 Å². The van der Waals surface area contributed by atoms with Crippen molar-refractivity contribution in [3.8, 4) is 5.75 Å². The summed E-state index contributed by atoms with van der Waals surface area (Å²) in [5, 5.41) is 5.91. The molecular formula is C16H24F3IN4O2. The molecule has 0 atom stereocenters. The first-order chi connectivity index (χ1) is 11.5. The number of hydrogen-bond donors (Lipinski definition) is 3. The number of hydrogen-bond acceptors (Lipinski definition) is 3. The number of para-hydroxylation sites is 1. The van der Waals surface area contributed by atoms with Gasteiger partial charge in [-0.15, -0.1) is 37.1 Å². The van der Waals surface area contributed by atoms with Gasteiger partial charge in [-0.3, -0.25) is 4.79 Å². The summed E-state index contributed by atoms with van der Waals surface area (Å²) in [5.74, 6) is -0.412. The van der Waals surface area contributed by atoms with Crippen LogP contribution in [0.25, 0.3) is 0 Å². The fourth-order valence-corrected chi connectivity index (χ4v) is 1.76. The third kappa shape index (κ3) is 8.59. The molecule has 4 N–H and O–H groups in total. The van der Waals surface area contributed by atoms with Crippen LogP contribution in [0, 0.1) is 5.41 Å². The molecule has 0 saturated heterocycles. The smallest absolute Gasteiger partial charge is 0.405 e. The highest BCUT2D eigenvalue weighted by Crippen LogP contribution is 2.26. The molecule has 6 nitrogen and oxygen atoms in total. The molecule has 0 aliphatic rings. The lowest BCUT2D eigenvalue weighted by Crippen LogP contribution is -2.46. The highest BCUT2D eigenvalue weighted by Gasteiger charge is 2.32. The molecule has 1 amide bonds. The van der Waals surface area contributed by atoms with Crippen molar-refractivity contribution in [2.45, 2.75) is 33.7 Å². The Morgan fingerprint density at radius 3 is 2.38 bits per heavy atom. The van der Waals surface area contributed by atoms with Crippen molar-refractivity contribution in [3.05, 3.63) is 29.8 Å². The number of ether oxygens (including phenoxy) is 1. The zero-order valence-electron chi connectivity index (χ0n) is 14.8. The molecule has 148 valence electrons. The third-order valence-corrected chi connectivity index (χ3v) is 3.31. The summed E-state index contributed by atoms with van der Waals surface area (Å²) in [6.07, 6.45) is -4.77. The number of nitrogens with one attached hydrogen (secondary N) is 2. The predicted molar refractivity (Wildman–Crippen MR) is 104 cm³/mol. The van der Waals surface area contributed by atoms with E-state index in [9.17, 15) is 18.0 Å². The Labute approximate surface area is 167 Å². The van der Waals surface area contributed by atoms with Gasteiger partial charge in [0.15, 0.2) is 5.96 Å². The van der Waals surface area contributed by atoms with Gasteiger partial charge in [0.25, 0.3) is 0 Å². The van der Waals surface area contributed by atoms with Crippen molar-refractivity contribution in [2.75, 3.05) is 13.1 Å². The Morgan fingerprint density at radius 2 is 1.85 bits per heavy atom. The van der Waals surface area contributed by atoms with Gasteiger partial charge in [0.1, 0.15) is 5.75 Å². The van der Waals surface area contributed by atoms with E-state index in [0.29, 0.717) is 12.5 Å².